The number of halogens is 8. The first kappa shape index (κ1) is 24.3. The summed E-state index contributed by atoms with van der Waals surface area (Å²) in [7, 11) is 0.938. The predicted molar refractivity (Wildman–Crippen MR) is 104 cm³/mol. The molecule has 0 bridgehead atoms. The molecule has 17 heteroatoms. The molecule has 4 rings (SSSR count). The van der Waals surface area contributed by atoms with Gasteiger partial charge >= 0.3 is 18.7 Å². The number of hydrogen-bond donors (Lipinski definition) is 1. The van der Waals surface area contributed by atoms with Gasteiger partial charge in [0.1, 0.15) is 10.0 Å². The fourth-order valence-corrected chi connectivity index (χ4v) is 4.13. The van der Waals surface area contributed by atoms with Crippen molar-refractivity contribution in [2.75, 3.05) is 0 Å². The van der Waals surface area contributed by atoms with Gasteiger partial charge in [-0.15, -0.1) is 16.4 Å². The van der Waals surface area contributed by atoms with Crippen molar-refractivity contribution in [2.45, 2.75) is 37.6 Å². The van der Waals surface area contributed by atoms with Crippen LogP contribution in [0.5, 0.6) is 5.75 Å². The van der Waals surface area contributed by atoms with Gasteiger partial charge < -0.3 is 10.1 Å². The van der Waals surface area contributed by atoms with Crippen LogP contribution in [0.1, 0.15) is 28.9 Å². The first-order valence-electron chi connectivity index (χ1n) is 9.29. The Morgan fingerprint density at radius 2 is 1.97 bits per heavy atom. The van der Waals surface area contributed by atoms with Crippen LogP contribution >= 0.6 is 22.9 Å². The van der Waals surface area contributed by atoms with Crippen LogP contribution < -0.4 is 10.1 Å². The second kappa shape index (κ2) is 8.41. The molecule has 184 valence electrons. The van der Waals surface area contributed by atoms with E-state index in [9.17, 15) is 35.5 Å². The fraction of sp³-hybridized carbons (Fsp3) is 0.412. The average molecular weight is 533 g/mol. The highest BCUT2D eigenvalue weighted by molar-refractivity contribution is 7.19. The van der Waals surface area contributed by atoms with E-state index < -0.39 is 41.9 Å². The summed E-state index contributed by atoms with van der Waals surface area (Å²) in [6, 6.07) is 1.46. The third-order valence-electron chi connectivity index (χ3n) is 4.64. The molecule has 3 aromatic rings. The highest BCUT2D eigenvalue weighted by Gasteiger charge is 2.62. The first-order chi connectivity index (χ1) is 15.8. The standard InChI is InChI=1S/C17H12ClF7N6O2S/c1-30-14(10(33-15(19)20)11(28-30)16(21,22)17(23,24)25)31-5-8(27-29-31)9-4-7(12(18)34-9)13(32)26-6-2-3-6/h4-6,15H,2-3H2,1H3,(H,26,32). The highest BCUT2D eigenvalue weighted by Crippen LogP contribution is 2.48. The van der Waals surface area contributed by atoms with Crippen LogP contribution in [0.25, 0.3) is 16.4 Å². The summed E-state index contributed by atoms with van der Waals surface area (Å²) in [5.41, 5.74) is -1.88. The summed E-state index contributed by atoms with van der Waals surface area (Å²) in [5, 5.41) is 13.2. The van der Waals surface area contributed by atoms with E-state index in [0.717, 1.165) is 37.4 Å². The van der Waals surface area contributed by atoms with Crippen molar-refractivity contribution in [1.29, 1.82) is 0 Å². The lowest BCUT2D eigenvalue weighted by atomic mass is 10.2. The molecule has 1 amide bonds. The summed E-state index contributed by atoms with van der Waals surface area (Å²) in [5.74, 6) is -8.29. The number of carbonyl (C=O) groups excluding carboxylic acids is 1. The fourth-order valence-electron chi connectivity index (χ4n) is 2.91. The van der Waals surface area contributed by atoms with Gasteiger partial charge in [0.15, 0.2) is 17.3 Å². The molecule has 3 aromatic heterocycles. The number of aromatic nitrogens is 5. The van der Waals surface area contributed by atoms with E-state index in [1.807, 2.05) is 0 Å². The lowest BCUT2D eigenvalue weighted by molar-refractivity contribution is -0.291. The molecule has 0 saturated heterocycles. The maximum Gasteiger partial charge on any atom is 0.459 e. The summed E-state index contributed by atoms with van der Waals surface area (Å²) >= 11 is 7.05. The van der Waals surface area contributed by atoms with E-state index >= 15 is 0 Å². The molecule has 0 aromatic carbocycles. The summed E-state index contributed by atoms with van der Waals surface area (Å²) in [6.45, 7) is -3.74. The number of carbonyl (C=O) groups is 1. The molecule has 34 heavy (non-hydrogen) atoms. The van der Waals surface area contributed by atoms with Crippen molar-refractivity contribution in [3.05, 3.63) is 27.9 Å². The molecule has 0 aliphatic heterocycles. The van der Waals surface area contributed by atoms with E-state index in [4.69, 9.17) is 11.6 Å². The number of nitrogens with zero attached hydrogens (tertiary/aromatic N) is 5. The monoisotopic (exact) mass is 532 g/mol. The van der Waals surface area contributed by atoms with Gasteiger partial charge in [0.25, 0.3) is 5.91 Å². The molecule has 1 aliphatic carbocycles. The van der Waals surface area contributed by atoms with Crippen LogP contribution in [0.4, 0.5) is 30.7 Å². The van der Waals surface area contributed by atoms with Crippen LogP contribution in [0.15, 0.2) is 12.3 Å². The molecule has 1 fully saturated rings. The molecule has 0 spiro atoms. The van der Waals surface area contributed by atoms with Gasteiger partial charge in [-0.25, -0.2) is 4.68 Å². The predicted octanol–water partition coefficient (Wildman–Crippen LogP) is 4.53. The van der Waals surface area contributed by atoms with Crippen molar-refractivity contribution in [3.8, 4) is 22.1 Å². The Kier molecular flexibility index (Phi) is 6.00. The lowest BCUT2D eigenvalue weighted by Crippen LogP contribution is -2.34. The zero-order chi connectivity index (χ0) is 25.0. The Hall–Kier alpha value is -2.88. The minimum atomic E-state index is -6.13. The number of hydrogen-bond acceptors (Lipinski definition) is 6. The van der Waals surface area contributed by atoms with Gasteiger partial charge in [0.05, 0.1) is 16.6 Å². The van der Waals surface area contributed by atoms with Gasteiger partial charge in [0, 0.05) is 13.1 Å². The SMILES string of the molecule is Cn1nc(C(F)(F)C(F)(F)F)c(OC(F)F)c1-n1cc(-c2cc(C(=O)NC3CC3)c(Cl)s2)nn1. The van der Waals surface area contributed by atoms with E-state index in [1.165, 1.54) is 6.07 Å². The minimum Gasteiger partial charge on any atom is -0.428 e. The van der Waals surface area contributed by atoms with Gasteiger partial charge in [-0.05, 0) is 18.9 Å². The Morgan fingerprint density at radius 1 is 1.29 bits per heavy atom. The molecule has 3 heterocycles. The van der Waals surface area contributed by atoms with Crippen LogP contribution in [0, 0.1) is 0 Å². The van der Waals surface area contributed by atoms with Crippen molar-refractivity contribution < 1.29 is 40.3 Å². The highest BCUT2D eigenvalue weighted by atomic mass is 35.5. The number of rotatable bonds is 7. The second-order valence-corrected chi connectivity index (χ2v) is 8.82. The topological polar surface area (TPSA) is 86.9 Å². The normalized spacial score (nSPS) is 14.6. The van der Waals surface area contributed by atoms with Crippen LogP contribution in [-0.4, -0.2) is 49.5 Å². The van der Waals surface area contributed by atoms with Crippen LogP contribution in [-0.2, 0) is 13.0 Å². The lowest BCUT2D eigenvalue weighted by Gasteiger charge is -2.18. The van der Waals surface area contributed by atoms with Gasteiger partial charge in [0.2, 0.25) is 0 Å². The molecule has 1 aliphatic rings. The molecular weight excluding hydrogens is 521 g/mol. The minimum absolute atomic E-state index is 0.0331. The zero-order valence-corrected chi connectivity index (χ0v) is 18.3. The smallest absolute Gasteiger partial charge is 0.428 e. The Labute approximate surface area is 194 Å². The number of ether oxygens (including phenoxy) is 1. The zero-order valence-electron chi connectivity index (χ0n) is 16.7. The van der Waals surface area contributed by atoms with E-state index in [-0.39, 0.29) is 21.6 Å². The third kappa shape index (κ3) is 4.43. The van der Waals surface area contributed by atoms with Crippen LogP contribution in [0.2, 0.25) is 4.34 Å². The number of amides is 1. The number of alkyl halides is 7. The van der Waals surface area contributed by atoms with E-state index in [1.54, 1.807) is 0 Å². The molecule has 0 radical (unpaired) electrons. The van der Waals surface area contributed by atoms with Crippen molar-refractivity contribution in [3.63, 3.8) is 0 Å². The molecule has 0 atom stereocenters. The molecule has 1 N–H and O–H groups in total. The Bertz CT molecular complexity index is 1230. The third-order valence-corrected chi connectivity index (χ3v) is 6.02. The molecule has 0 unspecified atom stereocenters. The van der Waals surface area contributed by atoms with Crippen molar-refractivity contribution in [1.82, 2.24) is 30.1 Å². The average Bonchev–Trinajstić information content (AvgIpc) is 3.11. The number of thiophene rings is 1. The Morgan fingerprint density at radius 3 is 2.56 bits per heavy atom. The summed E-state index contributed by atoms with van der Waals surface area (Å²) in [6.07, 6.45) is -3.39. The van der Waals surface area contributed by atoms with Crippen molar-refractivity contribution >= 4 is 28.8 Å². The summed E-state index contributed by atoms with van der Waals surface area (Å²) < 4.78 is 97.5. The molecule has 8 nitrogen and oxygen atoms in total. The Balaban J connectivity index is 1.73. The van der Waals surface area contributed by atoms with Crippen molar-refractivity contribution in [2.24, 2.45) is 7.05 Å². The maximum atomic E-state index is 13.9. The van der Waals surface area contributed by atoms with E-state index in [0.29, 0.717) is 14.2 Å². The van der Waals surface area contributed by atoms with Crippen LogP contribution in [0.3, 0.4) is 0 Å². The van der Waals surface area contributed by atoms with Gasteiger partial charge in [-0.1, -0.05) is 16.8 Å². The largest absolute Gasteiger partial charge is 0.459 e. The number of nitrogens with one attached hydrogen (secondary N) is 1. The van der Waals surface area contributed by atoms with E-state index in [2.05, 4.69) is 25.5 Å². The van der Waals surface area contributed by atoms with Gasteiger partial charge in [-0.3, -0.25) is 4.79 Å². The summed E-state index contributed by atoms with van der Waals surface area (Å²) in [4.78, 5) is 12.6. The molecular formula is C17H12ClF7N6O2S. The quantitative estimate of drug-likeness (QED) is 0.452. The maximum absolute atomic E-state index is 13.9. The first-order valence-corrected chi connectivity index (χ1v) is 10.5. The second-order valence-electron chi connectivity index (χ2n) is 7.17. The molecule has 1 saturated carbocycles. The van der Waals surface area contributed by atoms with Gasteiger partial charge in [-0.2, -0.15) is 40.5 Å². The number of aryl methyl sites for hydroxylation is 1.